The van der Waals surface area contributed by atoms with Crippen molar-refractivity contribution in [2.75, 3.05) is 19.0 Å². The Morgan fingerprint density at radius 1 is 1.38 bits per heavy atom. The van der Waals surface area contributed by atoms with Gasteiger partial charge in [0, 0.05) is 17.8 Å². The van der Waals surface area contributed by atoms with Crippen LogP contribution in [0.1, 0.15) is 20.9 Å². The van der Waals surface area contributed by atoms with Crippen LogP contribution in [0.2, 0.25) is 0 Å². The summed E-state index contributed by atoms with van der Waals surface area (Å²) in [5, 5.41) is 3.06. The molecular weight excluding hydrogens is 421 g/mol. The number of sulfonamides is 1. The Kier molecular flexibility index (Phi) is 5.11. The number of amides is 1. The van der Waals surface area contributed by atoms with Gasteiger partial charge >= 0.3 is 0 Å². The summed E-state index contributed by atoms with van der Waals surface area (Å²) >= 11 is 1.20. The van der Waals surface area contributed by atoms with E-state index in [0.29, 0.717) is 17.1 Å². The van der Waals surface area contributed by atoms with Crippen LogP contribution in [0.4, 0.5) is 9.52 Å². The minimum Gasteiger partial charge on any atom is -0.495 e. The van der Waals surface area contributed by atoms with E-state index in [1.165, 1.54) is 47.4 Å². The Hall–Kier alpha value is -2.76. The average Bonchev–Trinajstić information content (AvgIpc) is 3.36. The van der Waals surface area contributed by atoms with Gasteiger partial charge in [-0.1, -0.05) is 0 Å². The number of ether oxygens (including phenoxy) is 1. The fourth-order valence-corrected chi connectivity index (χ4v) is 5.66. The van der Waals surface area contributed by atoms with E-state index in [0.717, 1.165) is 22.7 Å². The summed E-state index contributed by atoms with van der Waals surface area (Å²) in [6.45, 7) is 0.268. The minimum atomic E-state index is -3.97. The Balaban J connectivity index is 1.57. The van der Waals surface area contributed by atoms with Crippen molar-refractivity contribution < 1.29 is 26.8 Å². The number of methoxy groups -OCH3 is 1. The van der Waals surface area contributed by atoms with Gasteiger partial charge in [0.1, 0.15) is 22.7 Å². The first-order valence-electron chi connectivity index (χ1n) is 8.54. The van der Waals surface area contributed by atoms with Gasteiger partial charge in [-0.3, -0.25) is 10.1 Å². The van der Waals surface area contributed by atoms with Crippen molar-refractivity contribution >= 4 is 32.4 Å². The highest BCUT2D eigenvalue weighted by atomic mass is 32.2. The van der Waals surface area contributed by atoms with Crippen LogP contribution in [-0.2, 0) is 23.0 Å². The number of nitrogens with zero attached hydrogens (tertiary/aromatic N) is 2. The summed E-state index contributed by atoms with van der Waals surface area (Å²) in [6, 6.07) is 4.91. The maximum absolute atomic E-state index is 13.7. The van der Waals surface area contributed by atoms with Crippen LogP contribution in [0.5, 0.6) is 5.75 Å². The highest BCUT2D eigenvalue weighted by molar-refractivity contribution is 7.89. The smallest absolute Gasteiger partial charge is 0.260 e. The second-order valence-corrected chi connectivity index (χ2v) is 9.23. The van der Waals surface area contributed by atoms with E-state index in [1.807, 2.05) is 0 Å². The Morgan fingerprint density at radius 3 is 2.93 bits per heavy atom. The predicted molar refractivity (Wildman–Crippen MR) is 103 cm³/mol. The fourth-order valence-electron chi connectivity index (χ4n) is 2.98. The molecule has 29 heavy (non-hydrogen) atoms. The van der Waals surface area contributed by atoms with E-state index in [4.69, 9.17) is 9.15 Å². The molecule has 1 aromatic carbocycles. The van der Waals surface area contributed by atoms with Crippen LogP contribution >= 0.6 is 11.3 Å². The standard InChI is InChI=1S/C18H16FN3O5S2/c1-26-14-3-2-12(19)8-16(14)29(24,25)22-6-4-13-15(9-22)28-18(20-13)21-17(23)11-5-7-27-10-11/h2-3,5,7-8,10H,4,6,9H2,1H3,(H,20,21,23). The van der Waals surface area contributed by atoms with Gasteiger partial charge in [-0.15, -0.1) is 11.3 Å². The van der Waals surface area contributed by atoms with Gasteiger partial charge in [0.2, 0.25) is 10.0 Å². The number of carbonyl (C=O) groups excluding carboxylic acids is 1. The van der Waals surface area contributed by atoms with Crippen LogP contribution in [0, 0.1) is 5.82 Å². The number of rotatable bonds is 5. The van der Waals surface area contributed by atoms with Gasteiger partial charge in [-0.05, 0) is 24.3 Å². The molecule has 0 atom stereocenters. The summed E-state index contributed by atoms with van der Waals surface area (Å²) < 4.78 is 51.0. The SMILES string of the molecule is COc1ccc(F)cc1S(=O)(=O)N1CCc2nc(NC(=O)c3ccoc3)sc2C1. The lowest BCUT2D eigenvalue weighted by Gasteiger charge is -2.26. The molecule has 0 bridgehead atoms. The van der Waals surface area contributed by atoms with Crippen molar-refractivity contribution in [3.05, 3.63) is 58.7 Å². The number of furan rings is 1. The van der Waals surface area contributed by atoms with E-state index < -0.39 is 15.8 Å². The highest BCUT2D eigenvalue weighted by Gasteiger charge is 2.33. The number of anilines is 1. The Labute approximate surface area is 170 Å². The van der Waals surface area contributed by atoms with E-state index in [-0.39, 0.29) is 29.6 Å². The number of nitrogens with one attached hydrogen (secondary N) is 1. The van der Waals surface area contributed by atoms with Crippen LogP contribution in [0.3, 0.4) is 0 Å². The van der Waals surface area contributed by atoms with Gasteiger partial charge in [0.15, 0.2) is 5.13 Å². The van der Waals surface area contributed by atoms with Gasteiger partial charge in [-0.25, -0.2) is 17.8 Å². The zero-order valence-electron chi connectivity index (χ0n) is 15.2. The van der Waals surface area contributed by atoms with E-state index in [9.17, 15) is 17.6 Å². The quantitative estimate of drug-likeness (QED) is 0.659. The van der Waals surface area contributed by atoms with Crippen LogP contribution in [-0.4, -0.2) is 37.3 Å². The molecule has 0 unspecified atom stereocenters. The molecule has 1 aliphatic rings. The van der Waals surface area contributed by atoms with Crippen molar-refractivity contribution in [2.45, 2.75) is 17.9 Å². The average molecular weight is 437 g/mol. The molecule has 0 saturated carbocycles. The maximum atomic E-state index is 13.7. The molecule has 0 fully saturated rings. The largest absolute Gasteiger partial charge is 0.495 e. The third kappa shape index (κ3) is 3.76. The number of carbonyl (C=O) groups is 1. The van der Waals surface area contributed by atoms with Crippen LogP contribution in [0.25, 0.3) is 0 Å². The lowest BCUT2D eigenvalue weighted by atomic mass is 10.2. The number of benzene rings is 1. The Morgan fingerprint density at radius 2 is 2.21 bits per heavy atom. The summed E-state index contributed by atoms with van der Waals surface area (Å²) in [5.41, 5.74) is 1.09. The topological polar surface area (TPSA) is 102 Å². The summed E-state index contributed by atoms with van der Waals surface area (Å²) in [6.07, 6.45) is 3.10. The van der Waals surface area contributed by atoms with Crippen molar-refractivity contribution in [1.82, 2.24) is 9.29 Å². The van der Waals surface area contributed by atoms with Gasteiger partial charge < -0.3 is 9.15 Å². The maximum Gasteiger partial charge on any atom is 0.260 e. The Bertz CT molecular complexity index is 1160. The van der Waals surface area contributed by atoms with E-state index >= 15 is 0 Å². The normalized spacial score (nSPS) is 14.4. The molecule has 2 aromatic heterocycles. The minimum absolute atomic E-state index is 0.0783. The van der Waals surface area contributed by atoms with Crippen molar-refractivity contribution in [1.29, 1.82) is 0 Å². The van der Waals surface area contributed by atoms with Gasteiger partial charge in [0.05, 0.1) is 31.2 Å². The lowest BCUT2D eigenvalue weighted by molar-refractivity contribution is 0.102. The molecular formula is C18H16FN3O5S2. The van der Waals surface area contributed by atoms with E-state index in [2.05, 4.69) is 10.3 Å². The monoisotopic (exact) mass is 437 g/mol. The molecule has 4 rings (SSSR count). The van der Waals surface area contributed by atoms with Crippen LogP contribution in [0.15, 0.2) is 46.1 Å². The number of halogens is 1. The number of thiazole rings is 1. The molecule has 0 aliphatic carbocycles. The van der Waals surface area contributed by atoms with Crippen LogP contribution < -0.4 is 10.1 Å². The molecule has 1 aliphatic heterocycles. The first-order chi connectivity index (χ1) is 13.9. The molecule has 1 N–H and O–H groups in total. The molecule has 0 spiro atoms. The summed E-state index contributed by atoms with van der Waals surface area (Å²) in [4.78, 5) is 17.0. The predicted octanol–water partition coefficient (Wildman–Crippen LogP) is 2.88. The molecule has 0 saturated heterocycles. The zero-order chi connectivity index (χ0) is 20.6. The van der Waals surface area contributed by atoms with E-state index in [1.54, 1.807) is 0 Å². The number of hydrogen-bond donors (Lipinski definition) is 1. The molecule has 3 aromatic rings. The van der Waals surface area contributed by atoms with Crippen molar-refractivity contribution in [2.24, 2.45) is 0 Å². The first-order valence-corrected chi connectivity index (χ1v) is 10.8. The number of aromatic nitrogens is 1. The molecule has 0 radical (unpaired) electrons. The number of hydrogen-bond acceptors (Lipinski definition) is 7. The molecule has 1 amide bonds. The zero-order valence-corrected chi connectivity index (χ0v) is 16.8. The summed E-state index contributed by atoms with van der Waals surface area (Å²) in [7, 11) is -2.64. The van der Waals surface area contributed by atoms with Crippen molar-refractivity contribution in [3.63, 3.8) is 0 Å². The molecule has 8 nitrogen and oxygen atoms in total. The third-order valence-electron chi connectivity index (χ3n) is 4.44. The third-order valence-corrected chi connectivity index (χ3v) is 7.31. The number of fused-ring (bicyclic) bond motifs is 1. The lowest BCUT2D eigenvalue weighted by Crippen LogP contribution is -2.35. The summed E-state index contributed by atoms with van der Waals surface area (Å²) in [5.74, 6) is -0.947. The van der Waals surface area contributed by atoms with Gasteiger partial charge in [0.25, 0.3) is 5.91 Å². The molecule has 3 heterocycles. The van der Waals surface area contributed by atoms with Gasteiger partial charge in [-0.2, -0.15) is 4.31 Å². The second-order valence-electron chi connectivity index (χ2n) is 6.24. The fraction of sp³-hybridized carbons (Fsp3) is 0.222. The van der Waals surface area contributed by atoms with Crippen molar-refractivity contribution in [3.8, 4) is 5.75 Å². The molecule has 152 valence electrons. The highest BCUT2D eigenvalue weighted by Crippen LogP contribution is 2.34. The molecule has 11 heteroatoms. The first kappa shape index (κ1) is 19.6. The second kappa shape index (κ2) is 7.58.